The second-order valence-corrected chi connectivity index (χ2v) is 9.57. The first kappa shape index (κ1) is 30.6. The van der Waals surface area contributed by atoms with Crippen molar-refractivity contribution in [2.75, 3.05) is 66.0 Å². The molecular weight excluding hydrogens is 504 g/mol. The van der Waals surface area contributed by atoms with Crippen LogP contribution in [0.15, 0.2) is 12.2 Å². The highest BCUT2D eigenvalue weighted by atomic mass is 16.8. The Bertz CT molecular complexity index is 806. The quantitative estimate of drug-likeness (QED) is 0.116. The maximum Gasteiger partial charge on any atom is 0.244 e. The number of hydrogen-bond acceptors (Lipinski definition) is 11. The first-order valence-corrected chi connectivity index (χ1v) is 13.1. The van der Waals surface area contributed by atoms with E-state index in [-0.39, 0.29) is 43.3 Å². The van der Waals surface area contributed by atoms with Gasteiger partial charge < -0.3 is 49.3 Å². The van der Waals surface area contributed by atoms with E-state index in [4.69, 9.17) is 28.4 Å². The minimum Gasteiger partial charge on any atom is -0.388 e. The van der Waals surface area contributed by atoms with Crippen LogP contribution in [-0.4, -0.2) is 124 Å². The molecule has 2 heterocycles. The third kappa shape index (κ3) is 9.06. The number of amides is 2. The topological polar surface area (TPSA) is 171 Å². The van der Waals surface area contributed by atoms with Crippen molar-refractivity contribution in [3.8, 4) is 0 Å². The van der Waals surface area contributed by atoms with Crippen LogP contribution in [0.4, 0.5) is 0 Å². The lowest BCUT2D eigenvalue weighted by Crippen LogP contribution is -2.66. The lowest BCUT2D eigenvalue weighted by molar-refractivity contribution is -0.238. The molecule has 0 unspecified atom stereocenters. The van der Waals surface area contributed by atoms with Crippen LogP contribution in [0.5, 0.6) is 0 Å². The van der Waals surface area contributed by atoms with Crippen LogP contribution in [0.25, 0.3) is 0 Å². The molecule has 2 saturated heterocycles. The summed E-state index contributed by atoms with van der Waals surface area (Å²) < 4.78 is 33.1. The number of ketones is 1. The monoisotopic (exact) mass is 544 g/mol. The molecule has 2 amide bonds. The van der Waals surface area contributed by atoms with Gasteiger partial charge in [0.2, 0.25) is 11.8 Å². The van der Waals surface area contributed by atoms with E-state index < -0.39 is 30.1 Å². The molecule has 1 aliphatic carbocycles. The highest BCUT2D eigenvalue weighted by molar-refractivity contribution is 5.99. The summed E-state index contributed by atoms with van der Waals surface area (Å²) in [6, 6.07) is -0.853. The Balaban J connectivity index is 1.11. The standard InChI is InChI=1S/C25H40N2O11/c1-17(28)27-21-22(31)23(32)25(16-37-24(21)38-25)15-36-14-13-35-12-11-34-10-9-33-8-7-26-20(30)6-5-19(29)18-3-2-4-18/h5-6,18,21-24,31-32H,2-4,7-16H2,1H3,(H,26,30)(H,27,28)/b6-5+/t21-,22+,23+,24-,25-/m0/s1. The van der Waals surface area contributed by atoms with E-state index in [1.807, 2.05) is 0 Å². The fourth-order valence-corrected chi connectivity index (χ4v) is 4.27. The predicted molar refractivity (Wildman–Crippen MR) is 131 cm³/mol. The van der Waals surface area contributed by atoms with Crippen molar-refractivity contribution in [1.29, 1.82) is 0 Å². The molecule has 5 atom stereocenters. The summed E-state index contributed by atoms with van der Waals surface area (Å²) in [6.07, 6.45) is 2.16. The minimum absolute atomic E-state index is 0.00104. The molecule has 38 heavy (non-hydrogen) atoms. The van der Waals surface area contributed by atoms with Gasteiger partial charge in [0.05, 0.1) is 59.5 Å². The van der Waals surface area contributed by atoms with Gasteiger partial charge in [0.1, 0.15) is 23.9 Å². The fraction of sp³-hybridized carbons (Fsp3) is 0.800. The van der Waals surface area contributed by atoms with Crippen LogP contribution in [-0.2, 0) is 42.8 Å². The van der Waals surface area contributed by atoms with Crippen LogP contribution in [0, 0.1) is 5.92 Å². The molecule has 1 saturated carbocycles. The highest BCUT2D eigenvalue weighted by Gasteiger charge is 2.59. The number of carbonyl (C=O) groups is 3. The van der Waals surface area contributed by atoms with Crippen molar-refractivity contribution in [3.63, 3.8) is 0 Å². The van der Waals surface area contributed by atoms with Crippen molar-refractivity contribution < 1.29 is 53.0 Å². The van der Waals surface area contributed by atoms with Crippen LogP contribution in [0.3, 0.4) is 0 Å². The summed E-state index contributed by atoms with van der Waals surface area (Å²) in [4.78, 5) is 34.7. The highest BCUT2D eigenvalue weighted by Crippen LogP contribution is 2.37. The molecule has 2 bridgehead atoms. The van der Waals surface area contributed by atoms with Crippen LogP contribution >= 0.6 is 0 Å². The SMILES string of the molecule is CC(=O)N[C@@H]1[C@H]2OC[C@](COCCOCCOCCOCCNC(=O)/C=C/C(=O)C3CCC3)(O2)[C@H](O)[C@@H]1O. The van der Waals surface area contributed by atoms with E-state index in [0.29, 0.717) is 46.2 Å². The summed E-state index contributed by atoms with van der Waals surface area (Å²) >= 11 is 0. The van der Waals surface area contributed by atoms with Gasteiger partial charge in [-0.05, 0) is 18.9 Å². The van der Waals surface area contributed by atoms with E-state index in [2.05, 4.69) is 10.6 Å². The number of rotatable bonds is 18. The Morgan fingerprint density at radius 1 is 0.947 bits per heavy atom. The average Bonchev–Trinajstić information content (AvgIpc) is 3.25. The van der Waals surface area contributed by atoms with Crippen molar-refractivity contribution >= 4 is 17.6 Å². The number of aliphatic hydroxyl groups excluding tert-OH is 2. The third-order valence-electron chi connectivity index (χ3n) is 6.65. The lowest BCUT2D eigenvalue weighted by Gasteiger charge is -2.42. The number of ether oxygens (including phenoxy) is 6. The summed E-state index contributed by atoms with van der Waals surface area (Å²) in [6.45, 7) is 4.05. The Hall–Kier alpha value is -1.97. The van der Waals surface area contributed by atoms with Gasteiger partial charge >= 0.3 is 0 Å². The maximum atomic E-state index is 11.7. The molecule has 0 spiro atoms. The molecule has 0 aromatic carbocycles. The van der Waals surface area contributed by atoms with Crippen LogP contribution < -0.4 is 10.6 Å². The molecule has 13 heteroatoms. The maximum absolute atomic E-state index is 11.7. The molecule has 13 nitrogen and oxygen atoms in total. The molecular formula is C25H40N2O11. The first-order valence-electron chi connectivity index (χ1n) is 13.1. The Labute approximate surface area is 222 Å². The van der Waals surface area contributed by atoms with Crippen molar-refractivity contribution in [3.05, 3.63) is 12.2 Å². The number of allylic oxidation sites excluding steroid dienone is 1. The fourth-order valence-electron chi connectivity index (χ4n) is 4.27. The summed E-state index contributed by atoms with van der Waals surface area (Å²) in [5, 5.41) is 26.1. The van der Waals surface area contributed by atoms with Gasteiger partial charge in [-0.15, -0.1) is 0 Å². The van der Waals surface area contributed by atoms with E-state index in [1.54, 1.807) is 0 Å². The average molecular weight is 545 g/mol. The summed E-state index contributed by atoms with van der Waals surface area (Å²) in [7, 11) is 0. The second-order valence-electron chi connectivity index (χ2n) is 9.57. The lowest BCUT2D eigenvalue weighted by atomic mass is 9.82. The molecule has 3 aliphatic rings. The normalized spacial score (nSPS) is 28.8. The zero-order valence-corrected chi connectivity index (χ0v) is 21.8. The van der Waals surface area contributed by atoms with Gasteiger partial charge in [-0.25, -0.2) is 0 Å². The molecule has 0 radical (unpaired) electrons. The number of nitrogens with one attached hydrogen (secondary N) is 2. The number of hydrogen-bond donors (Lipinski definition) is 4. The minimum atomic E-state index is -1.28. The number of carbonyl (C=O) groups excluding carboxylic acids is 3. The Morgan fingerprint density at radius 3 is 2.18 bits per heavy atom. The van der Waals surface area contributed by atoms with E-state index >= 15 is 0 Å². The Kier molecular flexibility index (Phi) is 12.5. The summed E-state index contributed by atoms with van der Waals surface area (Å²) in [5.74, 6) is -0.562. The van der Waals surface area contributed by atoms with Gasteiger partial charge in [0.25, 0.3) is 0 Å². The third-order valence-corrected chi connectivity index (χ3v) is 6.65. The number of aliphatic hydroxyl groups is 2. The summed E-state index contributed by atoms with van der Waals surface area (Å²) in [5.41, 5.74) is -1.20. The zero-order valence-electron chi connectivity index (χ0n) is 21.8. The van der Waals surface area contributed by atoms with Crippen molar-refractivity contribution in [2.45, 2.75) is 56.3 Å². The van der Waals surface area contributed by atoms with Crippen LogP contribution in [0.2, 0.25) is 0 Å². The molecule has 3 rings (SSSR count). The van der Waals surface area contributed by atoms with Crippen LogP contribution in [0.1, 0.15) is 26.2 Å². The van der Waals surface area contributed by atoms with E-state index in [1.165, 1.54) is 19.1 Å². The Morgan fingerprint density at radius 2 is 1.58 bits per heavy atom. The molecule has 2 aliphatic heterocycles. The first-order chi connectivity index (χ1) is 18.3. The van der Waals surface area contributed by atoms with E-state index in [9.17, 15) is 24.6 Å². The number of fused-ring (bicyclic) bond motifs is 2. The van der Waals surface area contributed by atoms with Gasteiger partial charge in [0.15, 0.2) is 12.1 Å². The van der Waals surface area contributed by atoms with Gasteiger partial charge in [0, 0.05) is 25.5 Å². The van der Waals surface area contributed by atoms with E-state index in [0.717, 1.165) is 19.3 Å². The van der Waals surface area contributed by atoms with Gasteiger partial charge in [-0.3, -0.25) is 14.4 Å². The van der Waals surface area contributed by atoms with Gasteiger partial charge in [-0.2, -0.15) is 0 Å². The second kappa shape index (κ2) is 15.6. The molecule has 4 N–H and O–H groups in total. The molecule has 0 aromatic heterocycles. The smallest absolute Gasteiger partial charge is 0.244 e. The zero-order chi connectivity index (χ0) is 27.4. The molecule has 216 valence electrons. The van der Waals surface area contributed by atoms with Gasteiger partial charge in [-0.1, -0.05) is 6.42 Å². The van der Waals surface area contributed by atoms with Crippen molar-refractivity contribution in [2.24, 2.45) is 5.92 Å². The predicted octanol–water partition coefficient (Wildman–Crippen LogP) is -1.55. The molecule has 3 fully saturated rings. The largest absolute Gasteiger partial charge is 0.388 e. The van der Waals surface area contributed by atoms with Crippen molar-refractivity contribution in [1.82, 2.24) is 10.6 Å². The molecule has 0 aromatic rings.